The molecular weight excluding hydrogens is 364 g/mol. The summed E-state index contributed by atoms with van der Waals surface area (Å²) >= 11 is 0. The van der Waals surface area contributed by atoms with Gasteiger partial charge in [0.05, 0.1) is 12.3 Å². The fourth-order valence-electron chi connectivity index (χ4n) is 2.60. The summed E-state index contributed by atoms with van der Waals surface area (Å²) in [5, 5.41) is 6.93. The Kier molecular flexibility index (Phi) is 5.66. The molecule has 0 aliphatic carbocycles. The molecule has 27 heavy (non-hydrogen) atoms. The zero-order valence-corrected chi connectivity index (χ0v) is 15.7. The van der Waals surface area contributed by atoms with Gasteiger partial charge in [0.2, 0.25) is 0 Å². The molecule has 0 aliphatic heterocycles. The SMILES string of the molecule is CS(=O)(=O)Cc1ccc(C(=O)NCc2ccc(Cn3cncn3)cc2)cc1. The van der Waals surface area contributed by atoms with Gasteiger partial charge in [-0.25, -0.2) is 18.1 Å². The summed E-state index contributed by atoms with van der Waals surface area (Å²) < 4.78 is 24.3. The number of hydrogen-bond donors (Lipinski definition) is 1. The number of hydrogen-bond acceptors (Lipinski definition) is 5. The van der Waals surface area contributed by atoms with Crippen LogP contribution in [0.5, 0.6) is 0 Å². The predicted molar refractivity (Wildman–Crippen MR) is 102 cm³/mol. The molecule has 0 unspecified atom stereocenters. The molecule has 8 heteroatoms. The Morgan fingerprint density at radius 3 is 2.22 bits per heavy atom. The average molecular weight is 384 g/mol. The summed E-state index contributed by atoms with van der Waals surface area (Å²) in [6.07, 6.45) is 4.35. The van der Waals surface area contributed by atoms with Crippen molar-refractivity contribution in [1.82, 2.24) is 20.1 Å². The molecule has 3 aromatic rings. The monoisotopic (exact) mass is 384 g/mol. The van der Waals surface area contributed by atoms with Gasteiger partial charge in [-0.3, -0.25) is 4.79 Å². The van der Waals surface area contributed by atoms with E-state index in [4.69, 9.17) is 0 Å². The van der Waals surface area contributed by atoms with Crippen LogP contribution in [0.4, 0.5) is 0 Å². The first kappa shape index (κ1) is 18.8. The van der Waals surface area contributed by atoms with Gasteiger partial charge < -0.3 is 5.32 Å². The molecule has 0 saturated carbocycles. The highest BCUT2D eigenvalue weighted by atomic mass is 32.2. The molecule has 0 fully saturated rings. The lowest BCUT2D eigenvalue weighted by Gasteiger charge is -2.08. The minimum absolute atomic E-state index is 0.0319. The van der Waals surface area contributed by atoms with Crippen LogP contribution in [0.15, 0.2) is 61.2 Å². The molecule has 0 radical (unpaired) electrons. The molecular formula is C19H20N4O3S. The first-order chi connectivity index (χ1) is 12.9. The highest BCUT2D eigenvalue weighted by molar-refractivity contribution is 7.89. The van der Waals surface area contributed by atoms with Crippen molar-refractivity contribution < 1.29 is 13.2 Å². The van der Waals surface area contributed by atoms with E-state index in [-0.39, 0.29) is 11.7 Å². The van der Waals surface area contributed by atoms with Crippen LogP contribution in [-0.4, -0.2) is 35.3 Å². The Morgan fingerprint density at radius 1 is 1.00 bits per heavy atom. The lowest BCUT2D eigenvalue weighted by atomic mass is 10.1. The minimum atomic E-state index is -3.09. The van der Waals surface area contributed by atoms with Crippen molar-refractivity contribution in [2.24, 2.45) is 0 Å². The lowest BCUT2D eigenvalue weighted by molar-refractivity contribution is 0.0951. The Balaban J connectivity index is 1.54. The third-order valence-electron chi connectivity index (χ3n) is 3.93. The highest BCUT2D eigenvalue weighted by Gasteiger charge is 2.08. The van der Waals surface area contributed by atoms with E-state index < -0.39 is 9.84 Å². The maximum atomic E-state index is 12.2. The minimum Gasteiger partial charge on any atom is -0.348 e. The van der Waals surface area contributed by atoms with Gasteiger partial charge in [-0.05, 0) is 28.8 Å². The summed E-state index contributed by atoms with van der Waals surface area (Å²) in [4.78, 5) is 16.2. The predicted octanol–water partition coefficient (Wildman–Crippen LogP) is 1.80. The van der Waals surface area contributed by atoms with Crippen molar-refractivity contribution in [3.05, 3.63) is 83.4 Å². The van der Waals surface area contributed by atoms with Crippen LogP contribution in [0.3, 0.4) is 0 Å². The summed E-state index contributed by atoms with van der Waals surface area (Å²) in [6, 6.07) is 14.5. The molecule has 0 aliphatic rings. The van der Waals surface area contributed by atoms with Gasteiger partial charge in [-0.2, -0.15) is 5.10 Å². The molecule has 1 heterocycles. The summed E-state index contributed by atoms with van der Waals surface area (Å²) in [5.74, 6) is -0.233. The number of carbonyl (C=O) groups is 1. The molecule has 3 rings (SSSR count). The van der Waals surface area contributed by atoms with Crippen LogP contribution in [0.2, 0.25) is 0 Å². The van der Waals surface area contributed by atoms with Gasteiger partial charge in [-0.15, -0.1) is 0 Å². The number of benzene rings is 2. The molecule has 0 spiro atoms. The maximum Gasteiger partial charge on any atom is 0.251 e. The van der Waals surface area contributed by atoms with Gasteiger partial charge in [0.15, 0.2) is 9.84 Å². The lowest BCUT2D eigenvalue weighted by Crippen LogP contribution is -2.22. The molecule has 0 bridgehead atoms. The Labute approximate surface area is 158 Å². The van der Waals surface area contributed by atoms with Crippen molar-refractivity contribution in [2.45, 2.75) is 18.8 Å². The van der Waals surface area contributed by atoms with Crippen molar-refractivity contribution in [1.29, 1.82) is 0 Å². The topological polar surface area (TPSA) is 94.0 Å². The number of nitrogens with one attached hydrogen (secondary N) is 1. The van der Waals surface area contributed by atoms with Crippen LogP contribution in [0.1, 0.15) is 27.0 Å². The third-order valence-corrected chi connectivity index (χ3v) is 4.79. The smallest absolute Gasteiger partial charge is 0.251 e. The van der Waals surface area contributed by atoms with Crippen LogP contribution in [-0.2, 0) is 28.7 Å². The van der Waals surface area contributed by atoms with Gasteiger partial charge >= 0.3 is 0 Å². The van der Waals surface area contributed by atoms with Gasteiger partial charge in [0.25, 0.3) is 5.91 Å². The third kappa shape index (κ3) is 5.75. The van der Waals surface area contributed by atoms with Crippen LogP contribution < -0.4 is 5.32 Å². The molecule has 0 atom stereocenters. The van der Waals surface area contributed by atoms with Crippen molar-refractivity contribution in [2.75, 3.05) is 6.26 Å². The fraction of sp³-hybridized carbons (Fsp3) is 0.211. The summed E-state index contributed by atoms with van der Waals surface area (Å²) in [5.41, 5.74) is 3.24. The van der Waals surface area contributed by atoms with E-state index in [1.54, 1.807) is 35.3 Å². The number of aromatic nitrogens is 3. The first-order valence-electron chi connectivity index (χ1n) is 8.34. The quantitative estimate of drug-likeness (QED) is 0.670. The molecule has 0 saturated heterocycles. The highest BCUT2D eigenvalue weighted by Crippen LogP contribution is 2.09. The largest absolute Gasteiger partial charge is 0.348 e. The van der Waals surface area contributed by atoms with Crippen molar-refractivity contribution in [3.8, 4) is 0 Å². The molecule has 2 aromatic carbocycles. The van der Waals surface area contributed by atoms with Crippen LogP contribution in [0.25, 0.3) is 0 Å². The zero-order chi connectivity index (χ0) is 19.3. The number of sulfone groups is 1. The van der Waals surface area contributed by atoms with E-state index in [0.717, 1.165) is 11.1 Å². The molecule has 1 amide bonds. The van der Waals surface area contributed by atoms with Crippen LogP contribution >= 0.6 is 0 Å². The number of carbonyl (C=O) groups excluding carboxylic acids is 1. The molecule has 1 N–H and O–H groups in total. The second-order valence-electron chi connectivity index (χ2n) is 6.36. The second-order valence-corrected chi connectivity index (χ2v) is 8.50. The Morgan fingerprint density at radius 2 is 1.63 bits per heavy atom. The molecule has 140 valence electrons. The van der Waals surface area contributed by atoms with Gasteiger partial charge in [-0.1, -0.05) is 36.4 Å². The standard InChI is InChI=1S/C19H20N4O3S/c1-27(25,26)12-17-6-8-18(9-7-17)19(24)21-10-15-2-4-16(5-3-15)11-23-14-20-13-22-23/h2-9,13-14H,10-12H2,1H3,(H,21,24). The molecule has 1 aromatic heterocycles. The number of amides is 1. The first-order valence-corrected chi connectivity index (χ1v) is 10.4. The van der Waals surface area contributed by atoms with E-state index in [1.165, 1.54) is 12.6 Å². The van der Waals surface area contributed by atoms with Crippen molar-refractivity contribution >= 4 is 15.7 Å². The van der Waals surface area contributed by atoms with E-state index in [0.29, 0.717) is 24.2 Å². The van der Waals surface area contributed by atoms with E-state index in [9.17, 15) is 13.2 Å². The summed E-state index contributed by atoms with van der Waals surface area (Å²) in [7, 11) is -3.09. The van der Waals surface area contributed by atoms with Crippen molar-refractivity contribution in [3.63, 3.8) is 0 Å². The summed E-state index contributed by atoms with van der Waals surface area (Å²) in [6.45, 7) is 1.06. The number of rotatable bonds is 7. The van der Waals surface area contributed by atoms with Crippen LogP contribution in [0, 0.1) is 0 Å². The van der Waals surface area contributed by atoms with Gasteiger partial charge in [0.1, 0.15) is 12.7 Å². The van der Waals surface area contributed by atoms with E-state index >= 15 is 0 Å². The Bertz CT molecular complexity index is 996. The average Bonchev–Trinajstić information content (AvgIpc) is 3.13. The fourth-order valence-corrected chi connectivity index (χ4v) is 3.40. The van der Waals surface area contributed by atoms with E-state index in [1.807, 2.05) is 24.3 Å². The molecule has 7 nitrogen and oxygen atoms in total. The van der Waals surface area contributed by atoms with Gasteiger partial charge in [0, 0.05) is 18.4 Å². The number of nitrogens with zero attached hydrogens (tertiary/aromatic N) is 3. The normalized spacial score (nSPS) is 11.3. The van der Waals surface area contributed by atoms with E-state index in [2.05, 4.69) is 15.4 Å². The Hall–Kier alpha value is -3.00. The maximum absolute atomic E-state index is 12.2. The zero-order valence-electron chi connectivity index (χ0n) is 14.9. The second kappa shape index (κ2) is 8.13.